The Morgan fingerprint density at radius 1 is 1.21 bits per heavy atom. The van der Waals surface area contributed by atoms with Crippen LogP contribution in [0.15, 0.2) is 24.3 Å². The van der Waals surface area contributed by atoms with Crippen molar-refractivity contribution in [2.24, 2.45) is 0 Å². The second-order valence-corrected chi connectivity index (χ2v) is 3.93. The molecule has 1 nitrogen and oxygen atoms in total. The van der Waals surface area contributed by atoms with Crippen LogP contribution in [0.5, 0.6) is 0 Å². The van der Waals surface area contributed by atoms with Crippen LogP contribution >= 0.6 is 0 Å². The fraction of sp³-hybridized carbons (Fsp3) is 0.538. The van der Waals surface area contributed by atoms with E-state index in [4.69, 9.17) is 5.11 Å². The minimum absolute atomic E-state index is 0.230. The number of hydrogen-bond acceptors (Lipinski definition) is 1. The molecule has 1 aromatic carbocycles. The summed E-state index contributed by atoms with van der Waals surface area (Å²) < 4.78 is 0. The highest BCUT2D eigenvalue weighted by molar-refractivity contribution is 5.25. The van der Waals surface area contributed by atoms with Gasteiger partial charge in [0.1, 0.15) is 0 Å². The lowest BCUT2D eigenvalue weighted by molar-refractivity contribution is 0.273. The van der Waals surface area contributed by atoms with Gasteiger partial charge in [-0.2, -0.15) is 0 Å². The van der Waals surface area contributed by atoms with Gasteiger partial charge in [-0.1, -0.05) is 44.5 Å². The average molecular weight is 192 g/mol. The van der Waals surface area contributed by atoms with Gasteiger partial charge < -0.3 is 5.11 Å². The molecule has 0 unspecified atom stereocenters. The van der Waals surface area contributed by atoms with E-state index in [0.29, 0.717) is 0 Å². The molecule has 1 aromatic rings. The van der Waals surface area contributed by atoms with Gasteiger partial charge in [-0.3, -0.25) is 0 Å². The molecule has 0 bridgehead atoms. The molecule has 0 saturated carbocycles. The molecule has 0 amide bonds. The zero-order valence-corrected chi connectivity index (χ0v) is 9.16. The lowest BCUT2D eigenvalue weighted by Crippen LogP contribution is -1.98. The van der Waals surface area contributed by atoms with Crippen molar-refractivity contribution in [3.05, 3.63) is 35.4 Å². The molecule has 0 aliphatic heterocycles. The maximum Gasteiger partial charge on any atom is 0.0497 e. The van der Waals surface area contributed by atoms with Crippen LogP contribution in [0.1, 0.15) is 43.7 Å². The van der Waals surface area contributed by atoms with Crippen molar-refractivity contribution in [3.63, 3.8) is 0 Å². The van der Waals surface area contributed by atoms with Gasteiger partial charge in [-0.15, -0.1) is 0 Å². The van der Waals surface area contributed by atoms with E-state index >= 15 is 0 Å². The van der Waals surface area contributed by atoms with Gasteiger partial charge >= 0.3 is 0 Å². The van der Waals surface area contributed by atoms with E-state index in [0.717, 1.165) is 0 Å². The molecule has 1 atom stereocenters. The monoisotopic (exact) mass is 192 g/mol. The predicted molar refractivity (Wildman–Crippen MR) is 60.6 cm³/mol. The highest BCUT2D eigenvalue weighted by atomic mass is 16.3. The highest BCUT2D eigenvalue weighted by Crippen LogP contribution is 2.15. The van der Waals surface area contributed by atoms with Crippen molar-refractivity contribution in [1.82, 2.24) is 0 Å². The van der Waals surface area contributed by atoms with E-state index in [1.807, 2.05) is 6.92 Å². The molecule has 0 aromatic heterocycles. The molecule has 0 aliphatic carbocycles. The quantitative estimate of drug-likeness (QED) is 0.760. The summed E-state index contributed by atoms with van der Waals surface area (Å²) in [5.74, 6) is 0.259. The SMILES string of the molecule is CCCCc1ccc([C@H](C)CO)cc1. The zero-order chi connectivity index (χ0) is 10.4. The molecule has 0 fully saturated rings. The Morgan fingerprint density at radius 3 is 2.36 bits per heavy atom. The van der Waals surface area contributed by atoms with Gasteiger partial charge in [0.15, 0.2) is 0 Å². The van der Waals surface area contributed by atoms with Crippen molar-refractivity contribution >= 4 is 0 Å². The molecule has 0 spiro atoms. The Bertz CT molecular complexity index is 250. The number of hydrogen-bond donors (Lipinski definition) is 1. The molecule has 0 saturated heterocycles. The first-order chi connectivity index (χ1) is 6.77. The summed E-state index contributed by atoms with van der Waals surface area (Å²) in [6, 6.07) is 8.62. The molecule has 78 valence electrons. The average Bonchev–Trinajstić information content (AvgIpc) is 2.26. The van der Waals surface area contributed by atoms with Crippen LogP contribution in [-0.4, -0.2) is 11.7 Å². The number of aliphatic hydroxyl groups is 1. The third-order valence-electron chi connectivity index (χ3n) is 2.64. The summed E-state index contributed by atoms with van der Waals surface area (Å²) in [6.07, 6.45) is 3.67. The largest absolute Gasteiger partial charge is 0.396 e. The fourth-order valence-electron chi connectivity index (χ4n) is 1.50. The van der Waals surface area contributed by atoms with Crippen LogP contribution in [0.3, 0.4) is 0 Å². The van der Waals surface area contributed by atoms with Gasteiger partial charge in [-0.25, -0.2) is 0 Å². The lowest BCUT2D eigenvalue weighted by Gasteiger charge is -2.08. The van der Waals surface area contributed by atoms with Crippen molar-refractivity contribution in [1.29, 1.82) is 0 Å². The van der Waals surface area contributed by atoms with Gasteiger partial charge in [0.25, 0.3) is 0 Å². The Kier molecular flexibility index (Phi) is 4.68. The summed E-state index contributed by atoms with van der Waals surface area (Å²) in [4.78, 5) is 0. The van der Waals surface area contributed by atoms with E-state index in [2.05, 4.69) is 31.2 Å². The highest BCUT2D eigenvalue weighted by Gasteiger charge is 2.02. The van der Waals surface area contributed by atoms with Crippen LogP contribution in [-0.2, 0) is 6.42 Å². The lowest BCUT2D eigenvalue weighted by atomic mass is 9.99. The number of aliphatic hydroxyl groups excluding tert-OH is 1. The molecular formula is C13H20O. The summed E-state index contributed by atoms with van der Waals surface area (Å²) in [5.41, 5.74) is 2.63. The smallest absolute Gasteiger partial charge is 0.0497 e. The molecule has 14 heavy (non-hydrogen) atoms. The number of unbranched alkanes of at least 4 members (excludes halogenated alkanes) is 1. The van der Waals surface area contributed by atoms with Crippen molar-refractivity contribution < 1.29 is 5.11 Å². The van der Waals surface area contributed by atoms with E-state index in [-0.39, 0.29) is 12.5 Å². The van der Waals surface area contributed by atoms with E-state index < -0.39 is 0 Å². The maximum absolute atomic E-state index is 9.00. The Labute approximate surface area is 86.8 Å². The number of rotatable bonds is 5. The molecule has 0 aliphatic rings. The van der Waals surface area contributed by atoms with Gasteiger partial charge in [0.2, 0.25) is 0 Å². The van der Waals surface area contributed by atoms with Crippen molar-refractivity contribution in [2.75, 3.05) is 6.61 Å². The fourth-order valence-corrected chi connectivity index (χ4v) is 1.50. The second kappa shape index (κ2) is 5.82. The standard InChI is InChI=1S/C13H20O/c1-3-4-5-12-6-8-13(9-7-12)11(2)10-14/h6-9,11,14H,3-5,10H2,1-2H3/t11-/m1/s1. The van der Waals surface area contributed by atoms with Gasteiger partial charge in [0, 0.05) is 12.5 Å². The van der Waals surface area contributed by atoms with E-state index in [1.165, 1.54) is 30.4 Å². The molecule has 0 radical (unpaired) electrons. The van der Waals surface area contributed by atoms with Crippen LogP contribution in [0, 0.1) is 0 Å². The molecule has 1 rings (SSSR count). The summed E-state index contributed by atoms with van der Waals surface area (Å²) in [6.45, 7) is 4.48. The Morgan fingerprint density at radius 2 is 1.86 bits per heavy atom. The van der Waals surface area contributed by atoms with E-state index in [1.54, 1.807) is 0 Å². The predicted octanol–water partition coefficient (Wildman–Crippen LogP) is 3.13. The Balaban J connectivity index is 2.59. The van der Waals surface area contributed by atoms with Crippen LogP contribution in [0.2, 0.25) is 0 Å². The van der Waals surface area contributed by atoms with Gasteiger partial charge in [-0.05, 0) is 24.0 Å². The second-order valence-electron chi connectivity index (χ2n) is 3.93. The van der Waals surface area contributed by atoms with Crippen molar-refractivity contribution in [3.8, 4) is 0 Å². The third kappa shape index (κ3) is 3.15. The van der Waals surface area contributed by atoms with E-state index in [9.17, 15) is 0 Å². The van der Waals surface area contributed by atoms with Gasteiger partial charge in [0.05, 0.1) is 0 Å². The molecule has 1 heteroatoms. The summed E-state index contributed by atoms with van der Waals surface area (Å²) in [5, 5.41) is 9.00. The Hall–Kier alpha value is -0.820. The molecule has 1 N–H and O–H groups in total. The minimum atomic E-state index is 0.230. The van der Waals surface area contributed by atoms with Crippen LogP contribution in [0.4, 0.5) is 0 Å². The first-order valence-corrected chi connectivity index (χ1v) is 5.47. The summed E-state index contributed by atoms with van der Waals surface area (Å²) in [7, 11) is 0. The topological polar surface area (TPSA) is 20.2 Å². The maximum atomic E-state index is 9.00. The minimum Gasteiger partial charge on any atom is -0.396 e. The van der Waals surface area contributed by atoms with Crippen molar-refractivity contribution in [2.45, 2.75) is 39.0 Å². The number of aryl methyl sites for hydroxylation is 1. The van der Waals surface area contributed by atoms with Crippen LogP contribution < -0.4 is 0 Å². The first kappa shape index (κ1) is 11.3. The molecule has 0 heterocycles. The van der Waals surface area contributed by atoms with Crippen LogP contribution in [0.25, 0.3) is 0 Å². The zero-order valence-electron chi connectivity index (χ0n) is 9.16. The third-order valence-corrected chi connectivity index (χ3v) is 2.64. The summed E-state index contributed by atoms with van der Waals surface area (Å²) >= 11 is 0. The first-order valence-electron chi connectivity index (χ1n) is 5.47. The molecular weight excluding hydrogens is 172 g/mol. The normalized spacial score (nSPS) is 12.8. The number of benzene rings is 1.